The Morgan fingerprint density at radius 1 is 1.41 bits per heavy atom. The molecule has 27 heavy (non-hydrogen) atoms. The van der Waals surface area contributed by atoms with Crippen LogP contribution in [0.2, 0.25) is 0 Å². The minimum absolute atomic E-state index is 0.143. The van der Waals surface area contributed by atoms with E-state index < -0.39 is 11.6 Å². The third-order valence-corrected chi connectivity index (χ3v) is 5.04. The van der Waals surface area contributed by atoms with Crippen molar-refractivity contribution in [2.45, 2.75) is 66.1 Å². The number of hydrogen-bond acceptors (Lipinski definition) is 4. The van der Waals surface area contributed by atoms with Crippen molar-refractivity contribution in [3.05, 3.63) is 38.8 Å². The number of esters is 1. The summed E-state index contributed by atoms with van der Waals surface area (Å²) < 4.78 is 7.15. The predicted molar refractivity (Wildman–Crippen MR) is 106 cm³/mol. The van der Waals surface area contributed by atoms with Crippen LogP contribution in [-0.2, 0) is 23.0 Å². The Kier molecular flexibility index (Phi) is 6.01. The molecule has 0 amide bonds. The molecule has 2 unspecified atom stereocenters. The number of fused-ring (bicyclic) bond motifs is 1. The maximum Gasteiger partial charge on any atom is 0.339 e. The zero-order valence-corrected chi connectivity index (χ0v) is 17.3. The third kappa shape index (κ3) is 4.51. The Hall–Kier alpha value is -2.32. The van der Waals surface area contributed by atoms with Crippen molar-refractivity contribution >= 4 is 11.5 Å². The summed E-state index contributed by atoms with van der Waals surface area (Å²) in [6.45, 7) is 11.0. The number of carbonyl (C=O) groups is 1. The van der Waals surface area contributed by atoms with Gasteiger partial charge >= 0.3 is 5.97 Å². The average Bonchev–Trinajstić information content (AvgIpc) is 2.92. The van der Waals surface area contributed by atoms with E-state index in [4.69, 9.17) is 4.74 Å². The summed E-state index contributed by atoms with van der Waals surface area (Å²) in [6, 6.07) is 0. The number of pyridine rings is 1. The second-order valence-corrected chi connectivity index (χ2v) is 7.95. The van der Waals surface area contributed by atoms with Gasteiger partial charge in [-0.15, -0.1) is 0 Å². The maximum atomic E-state index is 12.9. The van der Waals surface area contributed by atoms with Gasteiger partial charge in [0, 0.05) is 36.4 Å². The zero-order valence-electron chi connectivity index (χ0n) is 17.3. The lowest BCUT2D eigenvalue weighted by Gasteiger charge is -2.20. The van der Waals surface area contributed by atoms with Crippen LogP contribution in [0.3, 0.4) is 0 Å². The van der Waals surface area contributed by atoms with Gasteiger partial charge in [0.1, 0.15) is 11.7 Å². The molecule has 1 aliphatic rings. The molecule has 0 aliphatic heterocycles. The number of rotatable bonds is 4. The Bertz CT molecular complexity index is 903. The highest BCUT2D eigenvalue weighted by atomic mass is 16.5. The second kappa shape index (κ2) is 7.74. The van der Waals surface area contributed by atoms with Crippen molar-refractivity contribution in [3.8, 4) is 11.8 Å². The molecule has 5 heteroatoms. The van der Waals surface area contributed by atoms with E-state index in [-0.39, 0.29) is 17.6 Å². The molecule has 1 aromatic heterocycles. The van der Waals surface area contributed by atoms with Crippen molar-refractivity contribution < 1.29 is 14.6 Å². The SMILES string of the molecule is CCC(C)C(C)OC(=O)C1=C(C)Cc2c1c(C#CC(C)(C)O)cn(C)c2=O. The third-order valence-electron chi connectivity index (χ3n) is 5.04. The normalized spacial score (nSPS) is 15.7. The molecule has 0 bridgehead atoms. The van der Waals surface area contributed by atoms with Gasteiger partial charge in [-0.3, -0.25) is 4.79 Å². The van der Waals surface area contributed by atoms with Gasteiger partial charge in [0.15, 0.2) is 0 Å². The number of aliphatic hydroxyl groups is 1. The molecule has 1 aliphatic carbocycles. The number of carbonyl (C=O) groups excluding carboxylic acids is 1. The molecule has 1 heterocycles. The Labute approximate surface area is 161 Å². The Balaban J connectivity index is 2.56. The number of hydrogen-bond donors (Lipinski definition) is 1. The van der Waals surface area contributed by atoms with Crippen molar-refractivity contribution in [2.24, 2.45) is 13.0 Å². The topological polar surface area (TPSA) is 68.5 Å². The van der Waals surface area contributed by atoms with Gasteiger partial charge < -0.3 is 14.4 Å². The maximum absolute atomic E-state index is 12.9. The van der Waals surface area contributed by atoms with Crippen LogP contribution in [0.1, 0.15) is 64.7 Å². The molecule has 1 N–H and O–H groups in total. The fraction of sp³-hybridized carbons (Fsp3) is 0.545. The lowest BCUT2D eigenvalue weighted by Crippen LogP contribution is -2.24. The Morgan fingerprint density at radius 2 is 2.04 bits per heavy atom. The van der Waals surface area contributed by atoms with Crippen LogP contribution >= 0.6 is 0 Å². The molecule has 1 aromatic rings. The minimum Gasteiger partial charge on any atom is -0.459 e. The monoisotopic (exact) mass is 371 g/mol. The highest BCUT2D eigenvalue weighted by molar-refractivity contribution is 6.20. The van der Waals surface area contributed by atoms with Crippen molar-refractivity contribution in [1.82, 2.24) is 4.57 Å². The molecule has 146 valence electrons. The van der Waals surface area contributed by atoms with E-state index >= 15 is 0 Å². The van der Waals surface area contributed by atoms with Crippen molar-refractivity contribution in [2.75, 3.05) is 0 Å². The number of allylic oxidation sites excluding steroid dienone is 1. The number of aryl methyl sites for hydroxylation is 1. The molecular weight excluding hydrogens is 342 g/mol. The summed E-state index contributed by atoms with van der Waals surface area (Å²) in [5.74, 6) is 5.54. The first-order chi connectivity index (χ1) is 12.5. The van der Waals surface area contributed by atoms with Crippen LogP contribution < -0.4 is 5.56 Å². The Morgan fingerprint density at radius 3 is 2.59 bits per heavy atom. The minimum atomic E-state index is -1.18. The van der Waals surface area contributed by atoms with Crippen LogP contribution in [-0.4, -0.2) is 27.3 Å². The predicted octanol–water partition coefficient (Wildman–Crippen LogP) is 2.82. The number of nitrogens with zero attached hydrogens (tertiary/aromatic N) is 1. The summed E-state index contributed by atoms with van der Waals surface area (Å²) in [6.07, 6.45) is 2.71. The van der Waals surface area contributed by atoms with E-state index in [1.807, 2.05) is 20.8 Å². The molecule has 0 aromatic carbocycles. The van der Waals surface area contributed by atoms with Crippen LogP contribution in [0, 0.1) is 17.8 Å². The van der Waals surface area contributed by atoms with Gasteiger partial charge in [0.2, 0.25) is 0 Å². The van der Waals surface area contributed by atoms with Gasteiger partial charge in [0.05, 0.1) is 5.57 Å². The lowest BCUT2D eigenvalue weighted by atomic mass is 9.99. The standard InChI is InChI=1S/C22H29NO4/c1-8-13(2)15(4)27-21(25)18-14(3)11-17-19(18)16(9-10-22(5,6)26)12-23(7)20(17)24/h12-13,15,26H,8,11H2,1-7H3. The summed E-state index contributed by atoms with van der Waals surface area (Å²) in [7, 11) is 1.66. The fourth-order valence-corrected chi connectivity index (χ4v) is 3.08. The smallest absolute Gasteiger partial charge is 0.339 e. The molecule has 2 atom stereocenters. The fourth-order valence-electron chi connectivity index (χ4n) is 3.08. The molecule has 0 radical (unpaired) electrons. The van der Waals surface area contributed by atoms with E-state index in [1.165, 1.54) is 4.57 Å². The molecule has 0 saturated carbocycles. The van der Waals surface area contributed by atoms with Crippen LogP contribution in [0.4, 0.5) is 0 Å². The van der Waals surface area contributed by atoms with Gasteiger partial charge in [-0.2, -0.15) is 0 Å². The summed E-state index contributed by atoms with van der Waals surface area (Å²) in [4.78, 5) is 25.5. The van der Waals surface area contributed by atoms with E-state index in [2.05, 4.69) is 18.8 Å². The lowest BCUT2D eigenvalue weighted by molar-refractivity contribution is -0.143. The van der Waals surface area contributed by atoms with Gasteiger partial charge in [-0.1, -0.05) is 37.7 Å². The summed E-state index contributed by atoms with van der Waals surface area (Å²) in [5, 5.41) is 9.94. The molecule has 0 spiro atoms. The van der Waals surface area contributed by atoms with Crippen molar-refractivity contribution in [1.29, 1.82) is 0 Å². The average molecular weight is 371 g/mol. The molecule has 0 fully saturated rings. The van der Waals surface area contributed by atoms with Crippen molar-refractivity contribution in [3.63, 3.8) is 0 Å². The molecule has 0 saturated heterocycles. The van der Waals surface area contributed by atoms with Gasteiger partial charge in [0.25, 0.3) is 5.56 Å². The summed E-state index contributed by atoms with van der Waals surface area (Å²) in [5.41, 5.74) is 1.57. The first kappa shape index (κ1) is 21.0. The molecular formula is C22H29NO4. The highest BCUT2D eigenvalue weighted by Gasteiger charge is 2.32. The quantitative estimate of drug-likeness (QED) is 0.653. The highest BCUT2D eigenvalue weighted by Crippen LogP contribution is 2.34. The van der Waals surface area contributed by atoms with E-state index in [0.717, 1.165) is 12.0 Å². The molecule has 5 nitrogen and oxygen atoms in total. The molecule has 2 rings (SSSR count). The van der Waals surface area contributed by atoms with E-state index in [1.54, 1.807) is 27.1 Å². The summed E-state index contributed by atoms with van der Waals surface area (Å²) >= 11 is 0. The van der Waals surface area contributed by atoms with Crippen LogP contribution in [0.25, 0.3) is 5.57 Å². The zero-order chi connectivity index (χ0) is 20.5. The number of aromatic nitrogens is 1. The second-order valence-electron chi connectivity index (χ2n) is 7.95. The first-order valence-electron chi connectivity index (χ1n) is 9.35. The van der Waals surface area contributed by atoms with Gasteiger partial charge in [-0.25, -0.2) is 4.79 Å². The largest absolute Gasteiger partial charge is 0.459 e. The van der Waals surface area contributed by atoms with E-state index in [0.29, 0.717) is 28.7 Å². The van der Waals surface area contributed by atoms with Crippen LogP contribution in [0.5, 0.6) is 0 Å². The van der Waals surface area contributed by atoms with Crippen LogP contribution in [0.15, 0.2) is 16.6 Å². The van der Waals surface area contributed by atoms with Gasteiger partial charge in [-0.05, 0) is 33.6 Å². The number of ether oxygens (including phenoxy) is 1. The van der Waals surface area contributed by atoms with E-state index in [9.17, 15) is 14.7 Å². The first-order valence-corrected chi connectivity index (χ1v) is 9.35.